The van der Waals surface area contributed by atoms with Crippen molar-refractivity contribution in [2.75, 3.05) is 6.61 Å². The van der Waals surface area contributed by atoms with E-state index in [0.29, 0.717) is 11.3 Å². The summed E-state index contributed by atoms with van der Waals surface area (Å²) >= 11 is 0. The first-order chi connectivity index (χ1) is 9.58. The summed E-state index contributed by atoms with van der Waals surface area (Å²) in [7, 11) is 0. The summed E-state index contributed by atoms with van der Waals surface area (Å²) in [4.78, 5) is 0. The van der Waals surface area contributed by atoms with Crippen LogP contribution in [0.1, 0.15) is 5.56 Å². The van der Waals surface area contributed by atoms with E-state index in [1.165, 1.54) is 0 Å². The van der Waals surface area contributed by atoms with Crippen molar-refractivity contribution in [1.82, 2.24) is 0 Å². The van der Waals surface area contributed by atoms with Crippen LogP contribution in [-0.4, -0.2) is 62.8 Å². The molecule has 1 fully saturated rings. The van der Waals surface area contributed by atoms with E-state index in [9.17, 15) is 20.4 Å². The molecule has 1 aromatic carbocycles. The molecule has 0 aromatic heterocycles. The van der Waals surface area contributed by atoms with E-state index in [-0.39, 0.29) is 24.0 Å². The number of hydrogen-bond donors (Lipinski definition) is 5. The fraction of sp³-hybridized carbons (Fsp3) is 0.538. The fourth-order valence-corrected chi connectivity index (χ4v) is 2.04. The third kappa shape index (κ3) is 3.94. The van der Waals surface area contributed by atoms with E-state index in [2.05, 4.69) is 0 Å². The van der Waals surface area contributed by atoms with Crippen molar-refractivity contribution in [1.29, 1.82) is 0 Å². The summed E-state index contributed by atoms with van der Waals surface area (Å²) in [5.74, 6) is 0.291. The molecular formula is C13H18CrO7. The standard InChI is InChI=1S/C13H18O7.Cr/c14-5-7-3-1-2-4-8(7)19-13-12(18)11(17)10(16)9(6-15)20-13;/h1-4,9-18H,5-6H2;/t9-,10-,11+,12-,13-;/m1./s1. The van der Waals surface area contributed by atoms with Crippen LogP contribution >= 0.6 is 0 Å². The molecule has 1 aliphatic heterocycles. The van der Waals surface area contributed by atoms with Crippen molar-refractivity contribution in [3.8, 4) is 5.75 Å². The Hall–Kier alpha value is -0.688. The molecule has 0 radical (unpaired) electrons. The maximum Gasteiger partial charge on any atom is 0.229 e. The van der Waals surface area contributed by atoms with Crippen LogP contribution in [0.15, 0.2) is 24.3 Å². The molecular weight excluding hydrogens is 320 g/mol. The molecule has 1 aromatic rings. The monoisotopic (exact) mass is 338 g/mol. The Labute approximate surface area is 132 Å². The Kier molecular flexibility index (Phi) is 7.06. The first kappa shape index (κ1) is 18.4. The molecule has 0 saturated carbocycles. The molecule has 0 amide bonds. The Morgan fingerprint density at radius 1 is 1.00 bits per heavy atom. The van der Waals surface area contributed by atoms with Crippen molar-refractivity contribution < 1.29 is 52.4 Å². The minimum Gasteiger partial charge on any atom is -0.462 e. The first-order valence-corrected chi connectivity index (χ1v) is 6.24. The van der Waals surface area contributed by atoms with Gasteiger partial charge in [-0.2, -0.15) is 0 Å². The van der Waals surface area contributed by atoms with Crippen LogP contribution in [-0.2, 0) is 28.7 Å². The molecule has 0 aliphatic carbocycles. The number of para-hydroxylation sites is 1. The molecule has 0 unspecified atom stereocenters. The largest absolute Gasteiger partial charge is 0.462 e. The zero-order chi connectivity index (χ0) is 14.7. The van der Waals surface area contributed by atoms with E-state index in [0.717, 1.165) is 0 Å². The zero-order valence-corrected chi connectivity index (χ0v) is 12.3. The van der Waals surface area contributed by atoms with Gasteiger partial charge in [-0.05, 0) is 6.07 Å². The van der Waals surface area contributed by atoms with Crippen molar-refractivity contribution in [2.45, 2.75) is 37.3 Å². The van der Waals surface area contributed by atoms with Gasteiger partial charge in [0.2, 0.25) is 6.29 Å². The second kappa shape index (κ2) is 8.08. The summed E-state index contributed by atoms with van der Waals surface area (Å²) in [5.41, 5.74) is 0.490. The van der Waals surface area contributed by atoms with Crippen LogP contribution in [0.3, 0.4) is 0 Å². The normalized spacial score (nSPS) is 32.3. The van der Waals surface area contributed by atoms with Gasteiger partial charge in [-0.15, -0.1) is 0 Å². The molecule has 8 heteroatoms. The minimum absolute atomic E-state index is 0. The Morgan fingerprint density at radius 2 is 1.67 bits per heavy atom. The van der Waals surface area contributed by atoms with Gasteiger partial charge in [0.1, 0.15) is 30.2 Å². The van der Waals surface area contributed by atoms with Gasteiger partial charge in [-0.1, -0.05) is 18.2 Å². The quantitative estimate of drug-likeness (QED) is 0.446. The summed E-state index contributed by atoms with van der Waals surface area (Å²) in [6.45, 7) is -0.778. The SMILES string of the molecule is OCc1ccccc1O[C@@H]1O[C@H](CO)[C@@H](O)[C@H](O)[C@H]1O.[Cr]. The Bertz CT molecular complexity index is 442. The van der Waals surface area contributed by atoms with E-state index >= 15 is 0 Å². The Morgan fingerprint density at radius 3 is 2.29 bits per heavy atom. The van der Waals surface area contributed by atoms with E-state index < -0.39 is 37.3 Å². The number of aliphatic hydroxyl groups is 5. The van der Waals surface area contributed by atoms with Crippen molar-refractivity contribution in [3.05, 3.63) is 29.8 Å². The number of aliphatic hydroxyl groups excluding tert-OH is 5. The molecule has 5 atom stereocenters. The average molecular weight is 338 g/mol. The average Bonchev–Trinajstić information content (AvgIpc) is 2.48. The van der Waals surface area contributed by atoms with Gasteiger partial charge in [0.05, 0.1) is 13.2 Å². The summed E-state index contributed by atoms with van der Waals surface area (Å²) in [6, 6.07) is 6.61. The van der Waals surface area contributed by atoms with Gasteiger partial charge >= 0.3 is 0 Å². The van der Waals surface area contributed by atoms with Crippen LogP contribution in [0, 0.1) is 0 Å². The van der Waals surface area contributed by atoms with Gasteiger partial charge in [-0.25, -0.2) is 0 Å². The van der Waals surface area contributed by atoms with Crippen LogP contribution in [0.25, 0.3) is 0 Å². The molecule has 1 saturated heterocycles. The molecule has 7 nitrogen and oxygen atoms in total. The smallest absolute Gasteiger partial charge is 0.229 e. The summed E-state index contributed by atoms with van der Waals surface area (Å²) in [5, 5.41) is 47.4. The predicted molar refractivity (Wildman–Crippen MR) is 66.8 cm³/mol. The predicted octanol–water partition coefficient (Wildman–Crippen LogP) is -1.64. The molecule has 0 spiro atoms. The second-order valence-corrected chi connectivity index (χ2v) is 4.58. The third-order valence-electron chi connectivity index (χ3n) is 3.23. The molecule has 118 valence electrons. The van der Waals surface area contributed by atoms with Gasteiger partial charge in [0.25, 0.3) is 0 Å². The molecule has 0 bridgehead atoms. The Balaban J connectivity index is 0.00000220. The van der Waals surface area contributed by atoms with Gasteiger partial charge in [0, 0.05) is 22.9 Å². The first-order valence-electron chi connectivity index (χ1n) is 6.24. The fourth-order valence-electron chi connectivity index (χ4n) is 2.04. The van der Waals surface area contributed by atoms with Gasteiger partial charge in [0.15, 0.2) is 0 Å². The minimum atomic E-state index is -1.49. The molecule has 5 N–H and O–H groups in total. The maximum absolute atomic E-state index is 9.84. The van der Waals surface area contributed by atoms with Gasteiger partial charge in [-0.3, -0.25) is 0 Å². The van der Waals surface area contributed by atoms with Gasteiger partial charge < -0.3 is 35.0 Å². The van der Waals surface area contributed by atoms with Crippen molar-refractivity contribution >= 4 is 0 Å². The van der Waals surface area contributed by atoms with Crippen LogP contribution in [0.5, 0.6) is 5.75 Å². The second-order valence-electron chi connectivity index (χ2n) is 4.58. The molecule has 2 rings (SSSR count). The zero-order valence-electron chi connectivity index (χ0n) is 11.1. The number of benzene rings is 1. The number of rotatable bonds is 4. The third-order valence-corrected chi connectivity index (χ3v) is 3.23. The topological polar surface area (TPSA) is 120 Å². The number of ether oxygens (including phenoxy) is 2. The maximum atomic E-state index is 9.84. The number of hydrogen-bond acceptors (Lipinski definition) is 7. The van der Waals surface area contributed by atoms with Crippen LogP contribution in [0.2, 0.25) is 0 Å². The van der Waals surface area contributed by atoms with E-state index in [4.69, 9.17) is 14.6 Å². The van der Waals surface area contributed by atoms with Crippen LogP contribution in [0.4, 0.5) is 0 Å². The molecule has 1 heterocycles. The molecule has 1 aliphatic rings. The van der Waals surface area contributed by atoms with E-state index in [1.54, 1.807) is 24.3 Å². The van der Waals surface area contributed by atoms with E-state index in [1.807, 2.05) is 0 Å². The van der Waals surface area contributed by atoms with Crippen molar-refractivity contribution in [2.24, 2.45) is 0 Å². The van der Waals surface area contributed by atoms with Crippen molar-refractivity contribution in [3.63, 3.8) is 0 Å². The van der Waals surface area contributed by atoms with Crippen LogP contribution < -0.4 is 4.74 Å². The molecule has 21 heavy (non-hydrogen) atoms. The summed E-state index contributed by atoms with van der Waals surface area (Å²) < 4.78 is 10.6. The summed E-state index contributed by atoms with van der Waals surface area (Å²) in [6.07, 6.45) is -6.67.